The van der Waals surface area contributed by atoms with Gasteiger partial charge in [-0.25, -0.2) is 0 Å². The lowest BCUT2D eigenvalue weighted by Crippen LogP contribution is -2.28. The molecule has 4 nitrogen and oxygen atoms in total. The summed E-state index contributed by atoms with van der Waals surface area (Å²) in [5.41, 5.74) is 0.793. The molecule has 5 heteroatoms. The molecule has 0 bridgehead atoms. The Hall–Kier alpha value is -1.26. The monoisotopic (exact) mass is 272 g/mol. The molecule has 1 unspecified atom stereocenters. The first kappa shape index (κ1) is 16.7. The van der Waals surface area contributed by atoms with E-state index in [1.54, 1.807) is 0 Å². The molecule has 1 amide bonds. The van der Waals surface area contributed by atoms with Crippen molar-refractivity contribution in [2.45, 2.75) is 13.8 Å². The summed E-state index contributed by atoms with van der Waals surface area (Å²) in [6.07, 6.45) is 0. The molecule has 102 valence electrons. The molecule has 0 saturated heterocycles. The number of nitrogens with one attached hydrogen (secondary N) is 2. The molecule has 0 aliphatic rings. The zero-order valence-electron chi connectivity index (χ0n) is 11.0. The summed E-state index contributed by atoms with van der Waals surface area (Å²) in [4.78, 5) is 11.7. The van der Waals surface area contributed by atoms with E-state index in [2.05, 4.69) is 10.6 Å². The van der Waals surface area contributed by atoms with E-state index in [-0.39, 0.29) is 24.2 Å². The van der Waals surface area contributed by atoms with Crippen molar-refractivity contribution in [1.29, 1.82) is 0 Å². The van der Waals surface area contributed by atoms with Gasteiger partial charge < -0.3 is 15.4 Å². The van der Waals surface area contributed by atoms with Gasteiger partial charge in [0.2, 0.25) is 5.91 Å². The number of anilines is 1. The number of carbonyl (C=O) groups excluding carboxylic acids is 1. The highest BCUT2D eigenvalue weighted by atomic mass is 35.5. The van der Waals surface area contributed by atoms with Crippen LogP contribution < -0.4 is 15.4 Å². The van der Waals surface area contributed by atoms with Crippen LogP contribution in [0.5, 0.6) is 5.75 Å². The molecule has 18 heavy (non-hydrogen) atoms. The van der Waals surface area contributed by atoms with E-state index in [1.807, 2.05) is 45.2 Å². The van der Waals surface area contributed by atoms with Gasteiger partial charge in [-0.1, -0.05) is 6.92 Å². The third-order valence-electron chi connectivity index (χ3n) is 2.39. The topological polar surface area (TPSA) is 50.4 Å². The SMILES string of the molecule is CCOc1ccc(NC(=O)C(C)CNC)cc1.Cl. The van der Waals surface area contributed by atoms with Gasteiger partial charge in [0.1, 0.15) is 5.75 Å². The van der Waals surface area contributed by atoms with Crippen LogP contribution in [0.15, 0.2) is 24.3 Å². The van der Waals surface area contributed by atoms with Gasteiger partial charge in [-0.05, 0) is 38.2 Å². The second kappa shape index (κ2) is 8.78. The maximum Gasteiger partial charge on any atom is 0.228 e. The maximum absolute atomic E-state index is 11.7. The molecule has 1 aromatic carbocycles. The first-order chi connectivity index (χ1) is 8.17. The van der Waals surface area contributed by atoms with E-state index in [9.17, 15) is 4.79 Å². The molecule has 2 N–H and O–H groups in total. The molecular formula is C13H21ClN2O2. The minimum Gasteiger partial charge on any atom is -0.494 e. The standard InChI is InChI=1S/C13H20N2O2.ClH/c1-4-17-12-7-5-11(6-8-12)15-13(16)10(2)9-14-3;/h5-8,10,14H,4,9H2,1-3H3,(H,15,16);1H. The van der Waals surface area contributed by atoms with Crippen molar-refractivity contribution < 1.29 is 9.53 Å². The summed E-state index contributed by atoms with van der Waals surface area (Å²) in [7, 11) is 1.83. The van der Waals surface area contributed by atoms with Crippen molar-refractivity contribution in [3.05, 3.63) is 24.3 Å². The first-order valence-corrected chi connectivity index (χ1v) is 5.85. The highest BCUT2D eigenvalue weighted by molar-refractivity contribution is 5.92. The van der Waals surface area contributed by atoms with Gasteiger partial charge in [0, 0.05) is 18.2 Å². The molecule has 0 aliphatic carbocycles. The molecule has 0 fully saturated rings. The Morgan fingerprint density at radius 1 is 1.33 bits per heavy atom. The normalized spacial score (nSPS) is 11.3. The summed E-state index contributed by atoms with van der Waals surface area (Å²) in [6.45, 7) is 5.14. The minimum absolute atomic E-state index is 0. The van der Waals surface area contributed by atoms with Crippen molar-refractivity contribution in [2.75, 3.05) is 25.5 Å². The van der Waals surface area contributed by atoms with Gasteiger partial charge in [-0.2, -0.15) is 0 Å². The molecule has 0 aliphatic heterocycles. The minimum atomic E-state index is -0.0495. The summed E-state index contributed by atoms with van der Waals surface area (Å²) in [6, 6.07) is 7.38. The second-order valence-corrected chi connectivity index (χ2v) is 3.91. The lowest BCUT2D eigenvalue weighted by Gasteiger charge is -2.12. The Bertz CT molecular complexity index is 355. The molecular weight excluding hydrogens is 252 g/mol. The summed E-state index contributed by atoms with van der Waals surface area (Å²) < 4.78 is 5.33. The van der Waals surface area contributed by atoms with Gasteiger partial charge >= 0.3 is 0 Å². The van der Waals surface area contributed by atoms with Crippen molar-refractivity contribution >= 4 is 24.0 Å². The number of halogens is 1. The fraction of sp³-hybridized carbons (Fsp3) is 0.462. The molecule has 1 aromatic rings. The Morgan fingerprint density at radius 2 is 1.94 bits per heavy atom. The zero-order valence-corrected chi connectivity index (χ0v) is 11.8. The summed E-state index contributed by atoms with van der Waals surface area (Å²) >= 11 is 0. The van der Waals surface area contributed by atoms with E-state index in [1.165, 1.54) is 0 Å². The number of amides is 1. The Labute approximate surface area is 115 Å². The van der Waals surface area contributed by atoms with Gasteiger partial charge in [-0.3, -0.25) is 4.79 Å². The van der Waals surface area contributed by atoms with Gasteiger partial charge in [0.15, 0.2) is 0 Å². The second-order valence-electron chi connectivity index (χ2n) is 3.91. The largest absolute Gasteiger partial charge is 0.494 e. The average Bonchev–Trinajstić information content (AvgIpc) is 2.32. The number of benzene rings is 1. The van der Waals surface area contributed by atoms with Gasteiger partial charge in [0.05, 0.1) is 6.61 Å². The zero-order chi connectivity index (χ0) is 12.7. The number of hydrogen-bond acceptors (Lipinski definition) is 3. The molecule has 0 saturated carbocycles. The van der Waals surface area contributed by atoms with Crippen LogP contribution >= 0.6 is 12.4 Å². The molecule has 0 radical (unpaired) electrons. The van der Waals surface area contributed by atoms with Crippen LogP contribution in [-0.4, -0.2) is 26.1 Å². The molecule has 1 atom stereocenters. The summed E-state index contributed by atoms with van der Waals surface area (Å²) in [5.74, 6) is 0.781. The van der Waals surface area contributed by atoms with Crippen LogP contribution in [0.1, 0.15) is 13.8 Å². The molecule has 0 spiro atoms. The van der Waals surface area contributed by atoms with Gasteiger partial charge in [0.25, 0.3) is 0 Å². The van der Waals surface area contributed by atoms with Crippen LogP contribution in [-0.2, 0) is 4.79 Å². The predicted molar refractivity (Wildman–Crippen MR) is 76.6 cm³/mol. The Morgan fingerprint density at radius 3 is 2.44 bits per heavy atom. The van der Waals surface area contributed by atoms with Crippen molar-refractivity contribution in [3.63, 3.8) is 0 Å². The van der Waals surface area contributed by atoms with Crippen LogP contribution in [0, 0.1) is 5.92 Å². The predicted octanol–water partition coefficient (Wildman–Crippen LogP) is 2.30. The Balaban J connectivity index is 0.00000289. The highest BCUT2D eigenvalue weighted by Crippen LogP contribution is 2.16. The molecule has 0 heterocycles. The van der Waals surface area contributed by atoms with E-state index in [0.717, 1.165) is 11.4 Å². The number of ether oxygens (including phenoxy) is 1. The van der Waals surface area contributed by atoms with Crippen LogP contribution in [0.25, 0.3) is 0 Å². The first-order valence-electron chi connectivity index (χ1n) is 5.85. The smallest absolute Gasteiger partial charge is 0.228 e. The van der Waals surface area contributed by atoms with E-state index >= 15 is 0 Å². The number of hydrogen-bond donors (Lipinski definition) is 2. The van der Waals surface area contributed by atoms with Crippen LogP contribution in [0.2, 0.25) is 0 Å². The number of rotatable bonds is 6. The fourth-order valence-corrected chi connectivity index (χ4v) is 1.47. The van der Waals surface area contributed by atoms with Crippen molar-refractivity contribution in [2.24, 2.45) is 5.92 Å². The van der Waals surface area contributed by atoms with Crippen LogP contribution in [0.4, 0.5) is 5.69 Å². The molecule has 0 aromatic heterocycles. The van der Waals surface area contributed by atoms with Gasteiger partial charge in [-0.15, -0.1) is 12.4 Å². The highest BCUT2D eigenvalue weighted by Gasteiger charge is 2.11. The van der Waals surface area contributed by atoms with E-state index in [0.29, 0.717) is 13.2 Å². The van der Waals surface area contributed by atoms with Crippen LogP contribution in [0.3, 0.4) is 0 Å². The third-order valence-corrected chi connectivity index (χ3v) is 2.39. The fourth-order valence-electron chi connectivity index (χ4n) is 1.47. The van der Waals surface area contributed by atoms with E-state index < -0.39 is 0 Å². The Kier molecular flexibility index (Phi) is 8.16. The van der Waals surface area contributed by atoms with Crippen molar-refractivity contribution in [1.82, 2.24) is 5.32 Å². The van der Waals surface area contributed by atoms with E-state index in [4.69, 9.17) is 4.74 Å². The summed E-state index contributed by atoms with van der Waals surface area (Å²) in [5, 5.41) is 5.84. The molecule has 1 rings (SSSR count). The average molecular weight is 273 g/mol. The quantitative estimate of drug-likeness (QED) is 0.835. The lowest BCUT2D eigenvalue weighted by molar-refractivity contribution is -0.119. The van der Waals surface area contributed by atoms with Crippen molar-refractivity contribution in [3.8, 4) is 5.75 Å². The number of carbonyl (C=O) groups is 1. The third kappa shape index (κ3) is 5.38. The lowest BCUT2D eigenvalue weighted by atomic mass is 10.1. The maximum atomic E-state index is 11.7.